The highest BCUT2D eigenvalue weighted by atomic mass is 16.5. The normalized spacial score (nSPS) is 18.4. The molecule has 0 unspecified atom stereocenters. The highest BCUT2D eigenvalue weighted by Gasteiger charge is 2.43. The Morgan fingerprint density at radius 3 is 2.74 bits per heavy atom. The van der Waals surface area contributed by atoms with Crippen LogP contribution in [0.15, 0.2) is 53.7 Å². The van der Waals surface area contributed by atoms with Gasteiger partial charge in [-0.3, -0.25) is 4.79 Å². The molecule has 0 bridgehead atoms. The highest BCUT2D eigenvalue weighted by molar-refractivity contribution is 5.40. The van der Waals surface area contributed by atoms with Gasteiger partial charge in [-0.25, -0.2) is 9.67 Å². The largest absolute Gasteiger partial charge is 0.368 e. The van der Waals surface area contributed by atoms with Gasteiger partial charge < -0.3 is 14.6 Å². The van der Waals surface area contributed by atoms with E-state index in [1.807, 2.05) is 22.9 Å². The van der Waals surface area contributed by atoms with Crippen LogP contribution in [0.2, 0.25) is 0 Å². The summed E-state index contributed by atoms with van der Waals surface area (Å²) in [5.41, 5.74) is 2.93. The van der Waals surface area contributed by atoms with Crippen LogP contribution < -0.4 is 10.5 Å². The number of aromatic nitrogens is 4. The third-order valence-corrected chi connectivity index (χ3v) is 5.55. The molecule has 2 aliphatic heterocycles. The zero-order chi connectivity index (χ0) is 18.3. The Hall–Kier alpha value is -2.93. The van der Waals surface area contributed by atoms with Crippen molar-refractivity contribution < 1.29 is 4.74 Å². The molecule has 0 amide bonds. The van der Waals surface area contributed by atoms with E-state index in [1.54, 1.807) is 6.07 Å². The van der Waals surface area contributed by atoms with E-state index in [1.165, 1.54) is 11.9 Å². The van der Waals surface area contributed by atoms with Crippen molar-refractivity contribution in [3.8, 4) is 5.69 Å². The minimum Gasteiger partial charge on any atom is -0.368 e. The first-order valence-electron chi connectivity index (χ1n) is 9.32. The van der Waals surface area contributed by atoms with Crippen LogP contribution in [-0.2, 0) is 16.8 Å². The standard InChI is InChI=1S/C20H21N5O2/c26-18-12-17(21-14-22-18)24-9-7-20(8-10-24)19-15(6-11-27-20)13-25(23-19)16-4-2-1-3-5-16/h1-5,12-14H,6-11H2,(H,21,22,26). The van der Waals surface area contributed by atoms with Crippen LogP contribution in [0.3, 0.4) is 0 Å². The van der Waals surface area contributed by atoms with Gasteiger partial charge in [-0.15, -0.1) is 0 Å². The smallest absolute Gasteiger partial charge is 0.252 e. The van der Waals surface area contributed by atoms with E-state index in [4.69, 9.17) is 9.84 Å². The van der Waals surface area contributed by atoms with Crippen molar-refractivity contribution in [1.82, 2.24) is 19.7 Å². The average molecular weight is 363 g/mol. The number of nitrogens with one attached hydrogen (secondary N) is 1. The van der Waals surface area contributed by atoms with Gasteiger partial charge in [0.15, 0.2) is 0 Å². The molecule has 138 valence electrons. The molecule has 0 atom stereocenters. The Labute approximate surface area is 156 Å². The average Bonchev–Trinajstić information content (AvgIpc) is 3.15. The number of para-hydroxylation sites is 1. The Morgan fingerprint density at radius 2 is 1.96 bits per heavy atom. The number of fused-ring (bicyclic) bond motifs is 2. The summed E-state index contributed by atoms with van der Waals surface area (Å²) in [4.78, 5) is 20.6. The van der Waals surface area contributed by atoms with Crippen molar-refractivity contribution in [2.75, 3.05) is 24.6 Å². The second kappa shape index (κ2) is 6.35. The van der Waals surface area contributed by atoms with E-state index < -0.39 is 0 Å². The molecule has 1 aromatic carbocycles. The van der Waals surface area contributed by atoms with Crippen LogP contribution in [0.4, 0.5) is 5.82 Å². The van der Waals surface area contributed by atoms with Crippen molar-refractivity contribution in [3.63, 3.8) is 0 Å². The van der Waals surface area contributed by atoms with Crippen LogP contribution >= 0.6 is 0 Å². The van der Waals surface area contributed by atoms with Gasteiger partial charge in [-0.05, 0) is 37.0 Å². The van der Waals surface area contributed by atoms with E-state index >= 15 is 0 Å². The molecule has 3 aromatic rings. The number of H-pyrrole nitrogens is 1. The lowest BCUT2D eigenvalue weighted by Gasteiger charge is -2.43. The fourth-order valence-electron chi connectivity index (χ4n) is 4.12. The first kappa shape index (κ1) is 16.3. The molecule has 1 N–H and O–H groups in total. The molecule has 0 radical (unpaired) electrons. The Kier molecular flexibility index (Phi) is 3.82. The molecule has 27 heavy (non-hydrogen) atoms. The lowest BCUT2D eigenvalue weighted by Crippen LogP contribution is -2.47. The van der Waals surface area contributed by atoms with Gasteiger partial charge in [0.25, 0.3) is 5.56 Å². The van der Waals surface area contributed by atoms with Crippen LogP contribution in [0.25, 0.3) is 5.69 Å². The SMILES string of the molecule is O=c1cc(N2CCC3(CC2)OCCc2cn(-c4ccccc4)nc23)nc[nH]1. The number of ether oxygens (including phenoxy) is 1. The van der Waals surface area contributed by atoms with Crippen molar-refractivity contribution in [3.05, 3.63) is 70.5 Å². The minimum atomic E-state index is -0.342. The fraction of sp³-hybridized carbons (Fsp3) is 0.350. The maximum Gasteiger partial charge on any atom is 0.252 e. The molecule has 7 heteroatoms. The van der Waals surface area contributed by atoms with Crippen LogP contribution in [0.5, 0.6) is 0 Å². The second-order valence-electron chi connectivity index (χ2n) is 7.13. The first-order valence-corrected chi connectivity index (χ1v) is 9.32. The van der Waals surface area contributed by atoms with E-state index in [-0.39, 0.29) is 11.2 Å². The summed E-state index contributed by atoms with van der Waals surface area (Å²) in [5, 5.41) is 4.91. The molecule has 7 nitrogen and oxygen atoms in total. The molecule has 1 spiro atoms. The Balaban J connectivity index is 1.43. The summed E-state index contributed by atoms with van der Waals surface area (Å²) < 4.78 is 8.26. The molecular formula is C20H21N5O2. The summed E-state index contributed by atoms with van der Waals surface area (Å²) in [6.07, 6.45) is 6.15. The van der Waals surface area contributed by atoms with Gasteiger partial charge >= 0.3 is 0 Å². The quantitative estimate of drug-likeness (QED) is 0.754. The summed E-state index contributed by atoms with van der Waals surface area (Å²) in [6.45, 7) is 2.29. The first-order chi connectivity index (χ1) is 13.2. The van der Waals surface area contributed by atoms with Gasteiger partial charge in [-0.1, -0.05) is 18.2 Å². The van der Waals surface area contributed by atoms with E-state index in [0.29, 0.717) is 0 Å². The predicted molar refractivity (Wildman–Crippen MR) is 101 cm³/mol. The number of aromatic amines is 1. The molecule has 1 fully saturated rings. The summed E-state index contributed by atoms with van der Waals surface area (Å²) >= 11 is 0. The number of anilines is 1. The van der Waals surface area contributed by atoms with Crippen LogP contribution in [0, 0.1) is 0 Å². The second-order valence-corrected chi connectivity index (χ2v) is 7.13. The third kappa shape index (κ3) is 2.84. The van der Waals surface area contributed by atoms with Crippen LogP contribution in [-0.4, -0.2) is 39.4 Å². The molecule has 2 aromatic heterocycles. The van der Waals surface area contributed by atoms with E-state index in [9.17, 15) is 4.79 Å². The maximum absolute atomic E-state index is 11.6. The summed E-state index contributed by atoms with van der Waals surface area (Å²) in [7, 11) is 0. The number of benzene rings is 1. The van der Waals surface area contributed by atoms with Gasteiger partial charge in [0.1, 0.15) is 11.4 Å². The van der Waals surface area contributed by atoms with E-state index in [0.717, 1.165) is 56.2 Å². The van der Waals surface area contributed by atoms with Crippen molar-refractivity contribution in [2.45, 2.75) is 24.9 Å². The van der Waals surface area contributed by atoms with Gasteiger partial charge in [-0.2, -0.15) is 5.10 Å². The van der Waals surface area contributed by atoms with Crippen LogP contribution in [0.1, 0.15) is 24.1 Å². The molecule has 0 aliphatic carbocycles. The third-order valence-electron chi connectivity index (χ3n) is 5.55. The number of hydrogen-bond donors (Lipinski definition) is 1. The van der Waals surface area contributed by atoms with Crippen molar-refractivity contribution in [2.24, 2.45) is 0 Å². The van der Waals surface area contributed by atoms with Gasteiger partial charge in [0.2, 0.25) is 0 Å². The van der Waals surface area contributed by atoms with Gasteiger partial charge in [0, 0.05) is 25.4 Å². The molecule has 2 aliphatic rings. The zero-order valence-corrected chi connectivity index (χ0v) is 15.0. The molecular weight excluding hydrogens is 342 g/mol. The maximum atomic E-state index is 11.6. The van der Waals surface area contributed by atoms with E-state index in [2.05, 4.69) is 33.2 Å². The topological polar surface area (TPSA) is 76.0 Å². The predicted octanol–water partition coefficient (Wildman–Crippen LogP) is 2.02. The molecule has 0 saturated carbocycles. The number of hydrogen-bond acceptors (Lipinski definition) is 5. The summed E-state index contributed by atoms with van der Waals surface area (Å²) in [5.74, 6) is 0.722. The molecule has 4 heterocycles. The summed E-state index contributed by atoms with van der Waals surface area (Å²) in [6, 6.07) is 11.7. The molecule has 1 saturated heterocycles. The number of rotatable bonds is 2. The molecule has 5 rings (SSSR count). The number of nitrogens with zero attached hydrogens (tertiary/aromatic N) is 4. The Bertz CT molecular complexity index is 1000. The Morgan fingerprint density at radius 1 is 1.15 bits per heavy atom. The highest BCUT2D eigenvalue weighted by Crippen LogP contribution is 2.41. The van der Waals surface area contributed by atoms with Crippen molar-refractivity contribution >= 4 is 5.82 Å². The monoisotopic (exact) mass is 363 g/mol. The number of piperidine rings is 1. The lowest BCUT2D eigenvalue weighted by molar-refractivity contribution is -0.0797. The van der Waals surface area contributed by atoms with Crippen molar-refractivity contribution in [1.29, 1.82) is 0 Å². The fourth-order valence-corrected chi connectivity index (χ4v) is 4.12. The van der Waals surface area contributed by atoms with Gasteiger partial charge in [0.05, 0.1) is 24.3 Å². The lowest BCUT2D eigenvalue weighted by atomic mass is 9.84. The zero-order valence-electron chi connectivity index (χ0n) is 15.0. The minimum absolute atomic E-state index is 0.127.